The van der Waals surface area contributed by atoms with E-state index in [1.807, 2.05) is 0 Å². The first-order chi connectivity index (χ1) is 8.65. The average molecular weight is 256 g/mol. The monoisotopic (exact) mass is 256 g/mol. The van der Waals surface area contributed by atoms with Crippen molar-refractivity contribution in [2.75, 3.05) is 13.1 Å². The lowest BCUT2D eigenvalue weighted by atomic mass is 10.1. The molecule has 0 aromatic rings. The number of carboxylic acids is 1. The summed E-state index contributed by atoms with van der Waals surface area (Å²) >= 11 is 0. The Labute approximate surface area is 108 Å². The maximum atomic E-state index is 12.1. The molecule has 0 aromatic carbocycles. The minimum atomic E-state index is -0.919. The van der Waals surface area contributed by atoms with Gasteiger partial charge in [-0.05, 0) is 32.2 Å². The Kier molecular flexibility index (Phi) is 6.72. The molecule has 0 radical (unpaired) electrons. The predicted octanol–water partition coefficient (Wildman–Crippen LogP) is 1.36. The smallest absolute Gasteiger partial charge is 0.323 e. The highest BCUT2D eigenvalue weighted by molar-refractivity contribution is 5.81. The van der Waals surface area contributed by atoms with Gasteiger partial charge in [0, 0.05) is 12.5 Å². The van der Waals surface area contributed by atoms with E-state index in [2.05, 4.69) is 0 Å². The van der Waals surface area contributed by atoms with E-state index in [9.17, 15) is 9.59 Å². The van der Waals surface area contributed by atoms with E-state index < -0.39 is 5.97 Å². The van der Waals surface area contributed by atoms with Gasteiger partial charge < -0.3 is 15.7 Å². The first-order valence-electron chi connectivity index (χ1n) is 6.86. The standard InChI is InChI=1S/C13H24N2O3/c14-9-5-1-2-8-12(16)15(10-13(17)18)11-6-3-4-7-11/h11H,1-10,14H2,(H,17,18). The summed E-state index contributed by atoms with van der Waals surface area (Å²) < 4.78 is 0. The molecule has 0 spiro atoms. The fraction of sp³-hybridized carbons (Fsp3) is 0.846. The Morgan fingerprint density at radius 1 is 1.17 bits per heavy atom. The maximum absolute atomic E-state index is 12.1. The van der Waals surface area contributed by atoms with Crippen molar-refractivity contribution in [2.24, 2.45) is 5.73 Å². The minimum Gasteiger partial charge on any atom is -0.480 e. The first kappa shape index (κ1) is 15.0. The van der Waals surface area contributed by atoms with Gasteiger partial charge in [0.2, 0.25) is 5.91 Å². The van der Waals surface area contributed by atoms with Crippen molar-refractivity contribution in [3.05, 3.63) is 0 Å². The van der Waals surface area contributed by atoms with Crippen LogP contribution in [0.4, 0.5) is 0 Å². The van der Waals surface area contributed by atoms with Crippen molar-refractivity contribution in [1.82, 2.24) is 4.90 Å². The highest BCUT2D eigenvalue weighted by atomic mass is 16.4. The third-order valence-corrected chi connectivity index (χ3v) is 3.49. The molecule has 0 unspecified atom stereocenters. The molecule has 5 nitrogen and oxygen atoms in total. The van der Waals surface area contributed by atoms with Gasteiger partial charge in [0.05, 0.1) is 0 Å². The highest BCUT2D eigenvalue weighted by Crippen LogP contribution is 2.24. The van der Waals surface area contributed by atoms with Crippen LogP contribution >= 0.6 is 0 Å². The van der Waals surface area contributed by atoms with E-state index in [0.717, 1.165) is 44.9 Å². The van der Waals surface area contributed by atoms with Crippen LogP contribution in [0.15, 0.2) is 0 Å². The van der Waals surface area contributed by atoms with Crippen molar-refractivity contribution >= 4 is 11.9 Å². The lowest BCUT2D eigenvalue weighted by Crippen LogP contribution is -2.42. The van der Waals surface area contributed by atoms with Gasteiger partial charge in [-0.1, -0.05) is 19.3 Å². The molecular formula is C13H24N2O3. The second-order valence-corrected chi connectivity index (χ2v) is 4.95. The second kappa shape index (κ2) is 8.08. The summed E-state index contributed by atoms with van der Waals surface area (Å²) in [5.41, 5.74) is 5.40. The number of nitrogens with zero attached hydrogens (tertiary/aromatic N) is 1. The number of amides is 1. The van der Waals surface area contributed by atoms with Crippen molar-refractivity contribution in [3.63, 3.8) is 0 Å². The molecule has 0 aromatic heterocycles. The summed E-state index contributed by atoms with van der Waals surface area (Å²) in [6.45, 7) is 0.496. The van der Waals surface area contributed by atoms with Crippen LogP contribution in [0.1, 0.15) is 51.4 Å². The number of carbonyl (C=O) groups excluding carboxylic acids is 1. The topological polar surface area (TPSA) is 83.6 Å². The number of carboxylic acid groups (broad SMARTS) is 1. The predicted molar refractivity (Wildman–Crippen MR) is 69.1 cm³/mol. The van der Waals surface area contributed by atoms with Gasteiger partial charge in [-0.2, -0.15) is 0 Å². The lowest BCUT2D eigenvalue weighted by molar-refractivity contribution is -0.146. The Hall–Kier alpha value is -1.10. The van der Waals surface area contributed by atoms with Gasteiger partial charge in [0.1, 0.15) is 6.54 Å². The third kappa shape index (κ3) is 5.04. The SMILES string of the molecule is NCCCCCC(=O)N(CC(=O)O)C1CCCC1. The van der Waals surface area contributed by atoms with Crippen LogP contribution in [0, 0.1) is 0 Å². The van der Waals surface area contributed by atoms with Crippen molar-refractivity contribution in [1.29, 1.82) is 0 Å². The Balaban J connectivity index is 2.42. The summed E-state index contributed by atoms with van der Waals surface area (Å²) in [5.74, 6) is -0.932. The number of aliphatic carboxylic acids is 1. The molecule has 1 aliphatic rings. The maximum Gasteiger partial charge on any atom is 0.323 e. The summed E-state index contributed by atoms with van der Waals surface area (Å²) in [6, 6.07) is 0.142. The average Bonchev–Trinajstić information content (AvgIpc) is 2.84. The Morgan fingerprint density at radius 2 is 1.83 bits per heavy atom. The van der Waals surface area contributed by atoms with Crippen molar-refractivity contribution in [2.45, 2.75) is 57.4 Å². The largest absolute Gasteiger partial charge is 0.480 e. The zero-order valence-electron chi connectivity index (χ0n) is 10.9. The number of unbranched alkanes of at least 4 members (excludes halogenated alkanes) is 2. The number of hydrogen-bond acceptors (Lipinski definition) is 3. The molecule has 5 heteroatoms. The van der Waals surface area contributed by atoms with Gasteiger partial charge in [-0.15, -0.1) is 0 Å². The summed E-state index contributed by atoms with van der Waals surface area (Å²) in [6.07, 6.45) is 7.21. The van der Waals surface area contributed by atoms with Crippen molar-refractivity contribution in [3.8, 4) is 0 Å². The molecule has 0 atom stereocenters. The fourth-order valence-corrected chi connectivity index (χ4v) is 2.52. The van der Waals surface area contributed by atoms with E-state index in [-0.39, 0.29) is 18.5 Å². The van der Waals surface area contributed by atoms with Crippen LogP contribution in [0.5, 0.6) is 0 Å². The normalized spacial score (nSPS) is 15.8. The van der Waals surface area contributed by atoms with Gasteiger partial charge in [-0.25, -0.2) is 0 Å². The summed E-state index contributed by atoms with van der Waals surface area (Å²) in [7, 11) is 0. The van der Waals surface area contributed by atoms with Crippen LogP contribution in [0.3, 0.4) is 0 Å². The van der Waals surface area contributed by atoms with E-state index in [4.69, 9.17) is 10.8 Å². The molecule has 0 aliphatic heterocycles. The molecule has 18 heavy (non-hydrogen) atoms. The number of hydrogen-bond donors (Lipinski definition) is 2. The van der Waals surface area contributed by atoms with Gasteiger partial charge in [0.25, 0.3) is 0 Å². The van der Waals surface area contributed by atoms with Crippen LogP contribution in [-0.2, 0) is 9.59 Å². The molecule has 1 rings (SSSR count). The molecule has 104 valence electrons. The fourth-order valence-electron chi connectivity index (χ4n) is 2.52. The molecule has 0 heterocycles. The van der Waals surface area contributed by atoms with Crippen molar-refractivity contribution < 1.29 is 14.7 Å². The molecular weight excluding hydrogens is 232 g/mol. The quantitative estimate of drug-likeness (QED) is 0.642. The summed E-state index contributed by atoms with van der Waals surface area (Å²) in [4.78, 5) is 24.5. The zero-order chi connectivity index (χ0) is 13.4. The number of rotatable bonds is 8. The van der Waals surface area contributed by atoms with Crippen LogP contribution < -0.4 is 5.73 Å². The van der Waals surface area contributed by atoms with Gasteiger partial charge in [0.15, 0.2) is 0 Å². The Bertz CT molecular complexity index is 275. The Morgan fingerprint density at radius 3 is 2.39 bits per heavy atom. The van der Waals surface area contributed by atoms with Crippen LogP contribution in [0.25, 0.3) is 0 Å². The lowest BCUT2D eigenvalue weighted by Gasteiger charge is -2.27. The molecule has 1 aliphatic carbocycles. The van der Waals surface area contributed by atoms with E-state index in [1.165, 1.54) is 0 Å². The minimum absolute atomic E-state index is 0.0127. The first-order valence-corrected chi connectivity index (χ1v) is 6.86. The third-order valence-electron chi connectivity index (χ3n) is 3.49. The van der Waals surface area contributed by atoms with Crippen LogP contribution in [-0.4, -0.2) is 41.0 Å². The molecule has 1 saturated carbocycles. The molecule has 1 fully saturated rings. The van der Waals surface area contributed by atoms with Gasteiger partial charge >= 0.3 is 5.97 Å². The molecule has 0 saturated heterocycles. The molecule has 0 bridgehead atoms. The summed E-state index contributed by atoms with van der Waals surface area (Å²) in [5, 5.41) is 8.89. The number of nitrogens with two attached hydrogens (primary N) is 1. The van der Waals surface area contributed by atoms with Crippen LogP contribution in [0.2, 0.25) is 0 Å². The van der Waals surface area contributed by atoms with E-state index in [0.29, 0.717) is 13.0 Å². The van der Waals surface area contributed by atoms with E-state index in [1.54, 1.807) is 4.90 Å². The second-order valence-electron chi connectivity index (χ2n) is 4.95. The van der Waals surface area contributed by atoms with Gasteiger partial charge in [-0.3, -0.25) is 9.59 Å². The highest BCUT2D eigenvalue weighted by Gasteiger charge is 2.27. The number of carbonyl (C=O) groups is 2. The zero-order valence-corrected chi connectivity index (χ0v) is 10.9. The molecule has 1 amide bonds. The molecule has 3 N–H and O–H groups in total. The van der Waals surface area contributed by atoms with E-state index >= 15 is 0 Å².